The van der Waals surface area contributed by atoms with Gasteiger partial charge in [0.1, 0.15) is 6.54 Å². The third kappa shape index (κ3) is 4.30. The van der Waals surface area contributed by atoms with E-state index in [0.29, 0.717) is 5.56 Å². The van der Waals surface area contributed by atoms with Crippen molar-refractivity contribution in [3.05, 3.63) is 29.3 Å². The van der Waals surface area contributed by atoms with Gasteiger partial charge in [-0.3, -0.25) is 4.79 Å². The minimum atomic E-state index is -4.39. The number of carbonyl (C=O) groups is 1. The normalized spacial score (nSPS) is 11.4. The van der Waals surface area contributed by atoms with Crippen molar-refractivity contribution in [2.45, 2.75) is 18.0 Å². The summed E-state index contributed by atoms with van der Waals surface area (Å²) in [6.07, 6.45) is -2.55. The summed E-state index contributed by atoms with van der Waals surface area (Å²) in [7, 11) is 0. The van der Waals surface area contributed by atoms with Gasteiger partial charge in [0.2, 0.25) is 0 Å². The van der Waals surface area contributed by atoms with Crippen molar-refractivity contribution in [3.63, 3.8) is 0 Å². The summed E-state index contributed by atoms with van der Waals surface area (Å²) in [4.78, 5) is 12.4. The summed E-state index contributed by atoms with van der Waals surface area (Å²) in [5.74, 6) is -0.698. The predicted molar refractivity (Wildman–Crippen MR) is 61.3 cm³/mol. The van der Waals surface area contributed by atoms with Crippen LogP contribution >= 0.6 is 11.8 Å². The smallest absolute Gasteiger partial charge is 0.343 e. The summed E-state index contributed by atoms with van der Waals surface area (Å²) in [5, 5.41) is 1.86. The highest BCUT2D eigenvalue weighted by Gasteiger charge is 2.28. The first-order valence-electron chi connectivity index (χ1n) is 4.83. The van der Waals surface area contributed by atoms with Crippen molar-refractivity contribution in [2.24, 2.45) is 0 Å². The number of thioether (sulfide) groups is 1. The zero-order chi connectivity index (χ0) is 13.1. The zero-order valence-electron chi connectivity index (χ0n) is 9.39. The van der Waals surface area contributed by atoms with Gasteiger partial charge in [0.05, 0.1) is 0 Å². The molecule has 0 saturated heterocycles. The fourth-order valence-corrected chi connectivity index (χ4v) is 1.69. The van der Waals surface area contributed by atoms with Crippen LogP contribution in [0.4, 0.5) is 13.2 Å². The molecule has 0 aliphatic carbocycles. The van der Waals surface area contributed by atoms with Gasteiger partial charge in [-0.2, -0.15) is 13.2 Å². The maximum atomic E-state index is 12.0. The molecule has 0 radical (unpaired) electrons. The number of hydrogen-bond donors (Lipinski definition) is 1. The SMILES string of the molecule is CSc1ccc(C)c(C(=O)NCC(F)(F)F)c1. The Hall–Kier alpha value is -1.17. The van der Waals surface area contributed by atoms with Crippen LogP contribution in [0, 0.1) is 6.92 Å². The van der Waals surface area contributed by atoms with E-state index in [2.05, 4.69) is 0 Å². The van der Waals surface area contributed by atoms with Gasteiger partial charge in [0.15, 0.2) is 0 Å². The van der Waals surface area contributed by atoms with E-state index in [4.69, 9.17) is 0 Å². The number of halogens is 3. The van der Waals surface area contributed by atoms with Crippen molar-refractivity contribution in [1.82, 2.24) is 5.32 Å². The topological polar surface area (TPSA) is 29.1 Å². The van der Waals surface area contributed by atoms with Crippen molar-refractivity contribution in [3.8, 4) is 0 Å². The summed E-state index contributed by atoms with van der Waals surface area (Å²) >= 11 is 1.43. The molecule has 94 valence electrons. The van der Waals surface area contributed by atoms with Crippen LogP contribution < -0.4 is 5.32 Å². The highest BCUT2D eigenvalue weighted by Crippen LogP contribution is 2.19. The number of aryl methyl sites for hydroxylation is 1. The predicted octanol–water partition coefficient (Wildman–Crippen LogP) is 3.01. The minimum Gasteiger partial charge on any atom is -0.343 e. The highest BCUT2D eigenvalue weighted by atomic mass is 32.2. The molecule has 0 unspecified atom stereocenters. The van der Waals surface area contributed by atoms with Gasteiger partial charge in [-0.15, -0.1) is 11.8 Å². The van der Waals surface area contributed by atoms with Crippen LogP contribution in [0.3, 0.4) is 0 Å². The van der Waals surface area contributed by atoms with Crippen molar-refractivity contribution in [2.75, 3.05) is 12.8 Å². The monoisotopic (exact) mass is 263 g/mol. The number of benzene rings is 1. The van der Waals surface area contributed by atoms with Crippen LogP contribution in [-0.4, -0.2) is 24.9 Å². The second-order valence-electron chi connectivity index (χ2n) is 3.48. The Morgan fingerprint density at radius 1 is 1.41 bits per heavy atom. The average molecular weight is 263 g/mol. The second kappa shape index (κ2) is 5.44. The van der Waals surface area contributed by atoms with E-state index in [1.165, 1.54) is 11.8 Å². The Kier molecular flexibility index (Phi) is 4.45. The quantitative estimate of drug-likeness (QED) is 0.849. The molecule has 17 heavy (non-hydrogen) atoms. The molecule has 2 nitrogen and oxygen atoms in total. The van der Waals surface area contributed by atoms with Crippen LogP contribution in [0.15, 0.2) is 23.1 Å². The molecule has 0 aromatic heterocycles. The molecule has 0 spiro atoms. The molecule has 0 aliphatic heterocycles. The molecule has 0 aliphatic rings. The Bertz CT molecular complexity index is 418. The molecule has 0 atom stereocenters. The number of carbonyl (C=O) groups excluding carboxylic acids is 1. The molecule has 6 heteroatoms. The van der Waals surface area contributed by atoms with Gasteiger partial charge in [0.25, 0.3) is 5.91 Å². The number of hydrogen-bond acceptors (Lipinski definition) is 2. The maximum absolute atomic E-state index is 12.0. The van der Waals surface area contributed by atoms with Gasteiger partial charge in [0, 0.05) is 10.5 Å². The molecule has 0 fully saturated rings. The van der Waals surface area contributed by atoms with Crippen molar-refractivity contribution in [1.29, 1.82) is 0 Å². The second-order valence-corrected chi connectivity index (χ2v) is 4.36. The van der Waals surface area contributed by atoms with E-state index in [-0.39, 0.29) is 5.56 Å². The van der Waals surface area contributed by atoms with E-state index in [0.717, 1.165) is 4.90 Å². The van der Waals surface area contributed by atoms with Gasteiger partial charge in [-0.05, 0) is 30.9 Å². The summed E-state index contributed by atoms with van der Waals surface area (Å²) < 4.78 is 35.9. The lowest BCUT2D eigenvalue weighted by atomic mass is 10.1. The van der Waals surface area contributed by atoms with Crippen LogP contribution in [0.1, 0.15) is 15.9 Å². The average Bonchev–Trinajstić information content (AvgIpc) is 2.25. The van der Waals surface area contributed by atoms with Crippen LogP contribution in [0.2, 0.25) is 0 Å². The highest BCUT2D eigenvalue weighted by molar-refractivity contribution is 7.98. The standard InChI is InChI=1S/C11H12F3NOS/c1-7-3-4-8(17-2)5-9(7)10(16)15-6-11(12,13)14/h3-5H,6H2,1-2H3,(H,15,16). The summed E-state index contributed by atoms with van der Waals surface area (Å²) in [5.41, 5.74) is 0.934. The van der Waals surface area contributed by atoms with E-state index in [1.54, 1.807) is 19.1 Å². The molecule has 0 bridgehead atoms. The Labute approximate surface area is 102 Å². The van der Waals surface area contributed by atoms with Crippen LogP contribution in [0.25, 0.3) is 0 Å². The largest absolute Gasteiger partial charge is 0.405 e. The van der Waals surface area contributed by atoms with Gasteiger partial charge >= 0.3 is 6.18 Å². The van der Waals surface area contributed by atoms with Crippen LogP contribution in [0.5, 0.6) is 0 Å². The fraction of sp³-hybridized carbons (Fsp3) is 0.364. The van der Waals surface area contributed by atoms with E-state index in [9.17, 15) is 18.0 Å². The van der Waals surface area contributed by atoms with Crippen molar-refractivity contribution >= 4 is 17.7 Å². The number of rotatable bonds is 3. The first kappa shape index (κ1) is 13.9. The van der Waals surface area contributed by atoms with E-state index in [1.807, 2.05) is 17.6 Å². The van der Waals surface area contributed by atoms with Gasteiger partial charge < -0.3 is 5.32 Å². The summed E-state index contributed by atoms with van der Waals surface area (Å²) in [6.45, 7) is 0.376. The van der Waals surface area contributed by atoms with E-state index >= 15 is 0 Å². The lowest BCUT2D eigenvalue weighted by Crippen LogP contribution is -2.34. The number of amides is 1. The number of alkyl halides is 3. The Morgan fingerprint density at radius 2 is 2.06 bits per heavy atom. The fourth-order valence-electron chi connectivity index (χ4n) is 1.25. The first-order chi connectivity index (χ1) is 7.83. The Morgan fingerprint density at radius 3 is 2.59 bits per heavy atom. The van der Waals surface area contributed by atoms with Gasteiger partial charge in [-0.1, -0.05) is 6.07 Å². The third-order valence-electron chi connectivity index (χ3n) is 2.14. The lowest BCUT2D eigenvalue weighted by Gasteiger charge is -2.10. The molecule has 0 heterocycles. The summed E-state index contributed by atoms with van der Waals surface area (Å²) in [6, 6.07) is 5.13. The Balaban J connectivity index is 2.81. The number of nitrogens with one attached hydrogen (secondary N) is 1. The molecule has 1 N–H and O–H groups in total. The molecule has 1 amide bonds. The van der Waals surface area contributed by atoms with E-state index < -0.39 is 18.6 Å². The molecular weight excluding hydrogens is 251 g/mol. The third-order valence-corrected chi connectivity index (χ3v) is 2.86. The lowest BCUT2D eigenvalue weighted by molar-refractivity contribution is -0.123. The molecule has 1 rings (SSSR count). The molecule has 1 aromatic carbocycles. The molecule has 1 aromatic rings. The molecular formula is C11H12F3NOS. The minimum absolute atomic E-state index is 0.279. The first-order valence-corrected chi connectivity index (χ1v) is 6.05. The maximum Gasteiger partial charge on any atom is 0.405 e. The van der Waals surface area contributed by atoms with Crippen molar-refractivity contribution < 1.29 is 18.0 Å². The molecule has 0 saturated carbocycles. The van der Waals surface area contributed by atoms with Gasteiger partial charge in [-0.25, -0.2) is 0 Å². The van der Waals surface area contributed by atoms with Crippen LogP contribution in [-0.2, 0) is 0 Å². The zero-order valence-corrected chi connectivity index (χ0v) is 10.2.